The Hall–Kier alpha value is -1.46. The molecule has 1 N–H and O–H groups in total. The number of ether oxygens (including phenoxy) is 1. The van der Waals surface area contributed by atoms with Crippen molar-refractivity contribution < 1.29 is 9.84 Å². The van der Waals surface area contributed by atoms with Crippen LogP contribution in [0.1, 0.15) is 18.4 Å². The Labute approximate surface area is 84.5 Å². The Balaban J connectivity index is 2.60. The molecule has 0 heterocycles. The molecule has 0 saturated heterocycles. The number of unbranched alkanes of at least 4 members (excludes halogenated alkanes) is 1. The van der Waals surface area contributed by atoms with E-state index in [0.29, 0.717) is 0 Å². The maximum atomic E-state index is 8.56. The molecule has 0 aliphatic rings. The molecule has 0 saturated carbocycles. The number of hydrogen-bond donors (Lipinski definition) is 1. The molecule has 0 aliphatic carbocycles. The van der Waals surface area contributed by atoms with E-state index < -0.39 is 0 Å². The topological polar surface area (TPSA) is 29.5 Å². The summed E-state index contributed by atoms with van der Waals surface area (Å²) < 4.78 is 5.07. The third kappa shape index (κ3) is 3.51. The standard InChI is InChI=1S/C12H14O2/c1-14-12-8-5-7-11(10-12)6-3-2-4-9-13/h5,7-8,10,13H,2,4,9H2,1H3. The molecule has 74 valence electrons. The summed E-state index contributed by atoms with van der Waals surface area (Å²) in [6, 6.07) is 7.63. The summed E-state index contributed by atoms with van der Waals surface area (Å²) in [5.74, 6) is 6.82. The van der Waals surface area contributed by atoms with Crippen molar-refractivity contribution in [3.63, 3.8) is 0 Å². The van der Waals surface area contributed by atoms with Gasteiger partial charge in [-0.1, -0.05) is 17.9 Å². The summed E-state index contributed by atoms with van der Waals surface area (Å²) >= 11 is 0. The minimum Gasteiger partial charge on any atom is -0.497 e. The normalized spacial score (nSPS) is 9.00. The van der Waals surface area contributed by atoms with Gasteiger partial charge in [0.05, 0.1) is 7.11 Å². The molecule has 2 nitrogen and oxygen atoms in total. The van der Waals surface area contributed by atoms with E-state index in [9.17, 15) is 0 Å². The maximum absolute atomic E-state index is 8.56. The molecule has 1 aromatic rings. The van der Waals surface area contributed by atoms with Crippen molar-refractivity contribution in [2.75, 3.05) is 13.7 Å². The smallest absolute Gasteiger partial charge is 0.120 e. The van der Waals surface area contributed by atoms with E-state index in [1.54, 1.807) is 7.11 Å². The predicted octanol–water partition coefficient (Wildman–Crippen LogP) is 1.82. The highest BCUT2D eigenvalue weighted by atomic mass is 16.5. The molecule has 0 atom stereocenters. The van der Waals surface area contributed by atoms with Crippen LogP contribution in [-0.2, 0) is 0 Å². The molecule has 2 heteroatoms. The monoisotopic (exact) mass is 190 g/mol. The van der Waals surface area contributed by atoms with E-state index in [1.165, 1.54) is 0 Å². The van der Waals surface area contributed by atoms with Gasteiger partial charge < -0.3 is 9.84 Å². The Bertz CT molecular complexity index is 334. The van der Waals surface area contributed by atoms with Crippen LogP contribution in [0, 0.1) is 11.8 Å². The molecule has 0 amide bonds. The van der Waals surface area contributed by atoms with Crippen LogP contribution in [0.4, 0.5) is 0 Å². The van der Waals surface area contributed by atoms with Crippen LogP contribution >= 0.6 is 0 Å². The van der Waals surface area contributed by atoms with Crippen LogP contribution in [0.15, 0.2) is 24.3 Å². The van der Waals surface area contributed by atoms with E-state index in [0.717, 1.165) is 24.2 Å². The summed E-state index contributed by atoms with van der Waals surface area (Å²) in [6.45, 7) is 0.201. The van der Waals surface area contributed by atoms with Gasteiger partial charge in [-0.2, -0.15) is 0 Å². The number of methoxy groups -OCH3 is 1. The van der Waals surface area contributed by atoms with Gasteiger partial charge in [0.2, 0.25) is 0 Å². The lowest BCUT2D eigenvalue weighted by molar-refractivity contribution is 0.290. The minimum absolute atomic E-state index is 0.201. The SMILES string of the molecule is COc1cccc(C#CCCCO)c1. The second-order valence-electron chi connectivity index (χ2n) is 2.86. The van der Waals surface area contributed by atoms with Crippen molar-refractivity contribution in [1.82, 2.24) is 0 Å². The van der Waals surface area contributed by atoms with E-state index in [1.807, 2.05) is 24.3 Å². The van der Waals surface area contributed by atoms with Crippen LogP contribution in [0.2, 0.25) is 0 Å². The van der Waals surface area contributed by atoms with Crippen molar-refractivity contribution in [3.05, 3.63) is 29.8 Å². The van der Waals surface area contributed by atoms with Gasteiger partial charge in [0.25, 0.3) is 0 Å². The molecule has 0 bridgehead atoms. The summed E-state index contributed by atoms with van der Waals surface area (Å²) in [6.07, 6.45) is 1.46. The highest BCUT2D eigenvalue weighted by Gasteiger charge is 1.90. The first kappa shape index (κ1) is 10.6. The molecule has 0 aliphatic heterocycles. The van der Waals surface area contributed by atoms with Crippen molar-refractivity contribution in [2.45, 2.75) is 12.8 Å². The van der Waals surface area contributed by atoms with E-state index in [-0.39, 0.29) is 6.61 Å². The molecule has 1 rings (SSSR count). The highest BCUT2D eigenvalue weighted by molar-refractivity contribution is 5.39. The fourth-order valence-electron chi connectivity index (χ4n) is 1.03. The molecule has 0 fully saturated rings. The van der Waals surface area contributed by atoms with Gasteiger partial charge >= 0.3 is 0 Å². The molecule has 0 unspecified atom stereocenters. The van der Waals surface area contributed by atoms with Crippen molar-refractivity contribution in [2.24, 2.45) is 0 Å². The van der Waals surface area contributed by atoms with Gasteiger partial charge in [-0.3, -0.25) is 0 Å². The number of hydrogen-bond acceptors (Lipinski definition) is 2. The first-order valence-electron chi connectivity index (χ1n) is 4.60. The van der Waals surface area contributed by atoms with Crippen LogP contribution in [0.25, 0.3) is 0 Å². The van der Waals surface area contributed by atoms with Crippen molar-refractivity contribution in [1.29, 1.82) is 0 Å². The molecule has 0 spiro atoms. The van der Waals surface area contributed by atoms with Gasteiger partial charge in [0, 0.05) is 18.6 Å². The third-order valence-corrected chi connectivity index (χ3v) is 1.76. The van der Waals surface area contributed by atoms with Crippen molar-refractivity contribution >= 4 is 0 Å². The Morgan fingerprint density at radius 2 is 2.29 bits per heavy atom. The largest absolute Gasteiger partial charge is 0.497 e. The quantitative estimate of drug-likeness (QED) is 0.582. The van der Waals surface area contributed by atoms with Gasteiger partial charge in [0.15, 0.2) is 0 Å². The van der Waals surface area contributed by atoms with Crippen LogP contribution < -0.4 is 4.74 Å². The van der Waals surface area contributed by atoms with Gasteiger partial charge in [-0.05, 0) is 24.6 Å². The molecular formula is C12H14O2. The fraction of sp³-hybridized carbons (Fsp3) is 0.333. The van der Waals surface area contributed by atoms with E-state index >= 15 is 0 Å². The zero-order valence-electron chi connectivity index (χ0n) is 8.29. The maximum Gasteiger partial charge on any atom is 0.120 e. The first-order valence-corrected chi connectivity index (χ1v) is 4.60. The van der Waals surface area contributed by atoms with Crippen LogP contribution in [0.5, 0.6) is 5.75 Å². The van der Waals surface area contributed by atoms with Crippen LogP contribution in [-0.4, -0.2) is 18.8 Å². The Kier molecular flexibility index (Phi) is 4.60. The second kappa shape index (κ2) is 6.06. The average Bonchev–Trinajstić information content (AvgIpc) is 2.25. The lowest BCUT2D eigenvalue weighted by Gasteiger charge is -1.98. The predicted molar refractivity (Wildman–Crippen MR) is 56.2 cm³/mol. The van der Waals surface area contributed by atoms with Gasteiger partial charge in [-0.25, -0.2) is 0 Å². The molecular weight excluding hydrogens is 176 g/mol. The summed E-state index contributed by atoms with van der Waals surface area (Å²) in [7, 11) is 1.64. The molecule has 14 heavy (non-hydrogen) atoms. The summed E-state index contributed by atoms with van der Waals surface area (Å²) in [5.41, 5.74) is 0.947. The second-order valence-corrected chi connectivity index (χ2v) is 2.86. The molecule has 0 radical (unpaired) electrons. The zero-order chi connectivity index (χ0) is 10.2. The molecule has 1 aromatic carbocycles. The Morgan fingerprint density at radius 3 is 3.00 bits per heavy atom. The Morgan fingerprint density at radius 1 is 1.43 bits per heavy atom. The number of aliphatic hydroxyl groups excluding tert-OH is 1. The average molecular weight is 190 g/mol. The van der Waals surface area contributed by atoms with E-state index in [4.69, 9.17) is 9.84 Å². The lowest BCUT2D eigenvalue weighted by Crippen LogP contribution is -1.83. The highest BCUT2D eigenvalue weighted by Crippen LogP contribution is 2.11. The third-order valence-electron chi connectivity index (χ3n) is 1.76. The van der Waals surface area contributed by atoms with Crippen LogP contribution in [0.3, 0.4) is 0 Å². The first-order chi connectivity index (χ1) is 6.86. The number of rotatable bonds is 3. The van der Waals surface area contributed by atoms with Gasteiger partial charge in [-0.15, -0.1) is 0 Å². The zero-order valence-corrected chi connectivity index (χ0v) is 8.29. The number of benzene rings is 1. The molecule has 0 aromatic heterocycles. The van der Waals surface area contributed by atoms with E-state index in [2.05, 4.69) is 11.8 Å². The van der Waals surface area contributed by atoms with Gasteiger partial charge in [0.1, 0.15) is 5.75 Å². The lowest BCUT2D eigenvalue weighted by atomic mass is 10.2. The summed E-state index contributed by atoms with van der Waals surface area (Å²) in [5, 5.41) is 8.56. The number of aliphatic hydroxyl groups is 1. The summed E-state index contributed by atoms with van der Waals surface area (Å²) in [4.78, 5) is 0. The fourth-order valence-corrected chi connectivity index (χ4v) is 1.03. The van der Waals surface area contributed by atoms with Crippen molar-refractivity contribution in [3.8, 4) is 17.6 Å². The minimum atomic E-state index is 0.201.